The average Bonchev–Trinajstić information content (AvgIpc) is 2.29. The molecule has 0 aliphatic rings. The lowest BCUT2D eigenvalue weighted by Crippen LogP contribution is -2.26. The minimum atomic E-state index is -3.57. The van der Waals surface area contributed by atoms with Gasteiger partial charge in [-0.1, -0.05) is 6.58 Å². The first-order valence-electron chi connectivity index (χ1n) is 4.97. The van der Waals surface area contributed by atoms with Crippen molar-refractivity contribution in [1.29, 1.82) is 0 Å². The normalized spacial score (nSPS) is 11.1. The standard InChI is InChI=1S/C10H14N2O4S/c1-2-16-7-3-6-12-17(14,15)9-4-5-10(13)11-8-9/h2,4-5,8,12H,1,3,6-7H2,(H,11,13). The van der Waals surface area contributed by atoms with E-state index in [0.29, 0.717) is 13.0 Å². The number of ether oxygens (including phenoxy) is 1. The molecule has 0 saturated carbocycles. The summed E-state index contributed by atoms with van der Waals surface area (Å²) in [6.45, 7) is 4.03. The SMILES string of the molecule is C=COCCCNS(=O)(=O)c1ccc(=O)[nH]c1. The lowest BCUT2D eigenvalue weighted by atomic mass is 10.5. The summed E-state index contributed by atoms with van der Waals surface area (Å²) >= 11 is 0. The molecule has 0 aliphatic heterocycles. The molecule has 0 bridgehead atoms. The third-order valence-electron chi connectivity index (χ3n) is 1.91. The van der Waals surface area contributed by atoms with Crippen LogP contribution in [-0.2, 0) is 14.8 Å². The molecule has 0 aromatic carbocycles. The Hall–Kier alpha value is -1.60. The van der Waals surface area contributed by atoms with E-state index in [2.05, 4.69) is 16.3 Å². The van der Waals surface area contributed by atoms with Gasteiger partial charge in [0.25, 0.3) is 0 Å². The summed E-state index contributed by atoms with van der Waals surface area (Å²) in [6.07, 6.45) is 3.00. The Kier molecular flexibility index (Phi) is 4.92. The van der Waals surface area contributed by atoms with Crippen molar-refractivity contribution in [2.75, 3.05) is 13.2 Å². The Bertz CT molecular complexity index is 501. The van der Waals surface area contributed by atoms with Crippen LogP contribution in [-0.4, -0.2) is 26.6 Å². The fourth-order valence-electron chi connectivity index (χ4n) is 1.09. The zero-order valence-electron chi connectivity index (χ0n) is 9.18. The Morgan fingerprint density at radius 2 is 2.24 bits per heavy atom. The number of aromatic nitrogens is 1. The van der Waals surface area contributed by atoms with Crippen molar-refractivity contribution < 1.29 is 13.2 Å². The highest BCUT2D eigenvalue weighted by Crippen LogP contribution is 2.03. The maximum atomic E-state index is 11.7. The number of sulfonamides is 1. The van der Waals surface area contributed by atoms with Gasteiger partial charge in [0.15, 0.2) is 0 Å². The third-order valence-corrected chi connectivity index (χ3v) is 3.37. The quantitative estimate of drug-likeness (QED) is 0.540. The van der Waals surface area contributed by atoms with Crippen molar-refractivity contribution in [3.8, 4) is 0 Å². The van der Waals surface area contributed by atoms with Gasteiger partial charge in [0.2, 0.25) is 15.6 Å². The van der Waals surface area contributed by atoms with Gasteiger partial charge in [-0.25, -0.2) is 13.1 Å². The van der Waals surface area contributed by atoms with Crippen molar-refractivity contribution >= 4 is 10.0 Å². The van der Waals surface area contributed by atoms with E-state index in [4.69, 9.17) is 4.74 Å². The largest absolute Gasteiger partial charge is 0.502 e. The molecule has 1 aromatic heterocycles. The van der Waals surface area contributed by atoms with Crippen LogP contribution < -0.4 is 10.3 Å². The van der Waals surface area contributed by atoms with Crippen LogP contribution in [0.5, 0.6) is 0 Å². The number of hydrogen-bond donors (Lipinski definition) is 2. The third kappa shape index (κ3) is 4.41. The summed E-state index contributed by atoms with van der Waals surface area (Å²) in [5.41, 5.74) is -0.344. The van der Waals surface area contributed by atoms with Crippen molar-refractivity contribution in [2.24, 2.45) is 0 Å². The van der Waals surface area contributed by atoms with Crippen molar-refractivity contribution in [2.45, 2.75) is 11.3 Å². The lowest BCUT2D eigenvalue weighted by Gasteiger charge is -2.05. The van der Waals surface area contributed by atoms with Gasteiger partial charge in [-0.15, -0.1) is 0 Å². The molecule has 0 amide bonds. The number of aromatic amines is 1. The second kappa shape index (κ2) is 6.21. The molecule has 94 valence electrons. The smallest absolute Gasteiger partial charge is 0.247 e. The topological polar surface area (TPSA) is 88.3 Å². The van der Waals surface area contributed by atoms with E-state index < -0.39 is 10.0 Å². The van der Waals surface area contributed by atoms with Crippen LogP contribution in [0.3, 0.4) is 0 Å². The van der Waals surface area contributed by atoms with Crippen molar-refractivity contribution in [1.82, 2.24) is 9.71 Å². The zero-order valence-corrected chi connectivity index (χ0v) is 10.00. The molecule has 1 rings (SSSR count). The fourth-order valence-corrected chi connectivity index (χ4v) is 2.13. The summed E-state index contributed by atoms with van der Waals surface area (Å²) < 4.78 is 30.6. The Labute approximate surface area is 99.4 Å². The predicted octanol–water partition coefficient (Wildman–Crippen LogP) is 0.203. The Morgan fingerprint density at radius 1 is 1.47 bits per heavy atom. The van der Waals surface area contributed by atoms with E-state index in [-0.39, 0.29) is 17.0 Å². The van der Waals surface area contributed by atoms with E-state index >= 15 is 0 Å². The monoisotopic (exact) mass is 258 g/mol. The van der Waals surface area contributed by atoms with E-state index in [1.54, 1.807) is 0 Å². The van der Waals surface area contributed by atoms with Gasteiger partial charge in [-0.3, -0.25) is 4.79 Å². The summed E-state index contributed by atoms with van der Waals surface area (Å²) in [6, 6.07) is 2.41. The van der Waals surface area contributed by atoms with E-state index in [0.717, 1.165) is 12.3 Å². The van der Waals surface area contributed by atoms with Gasteiger partial charge in [-0.2, -0.15) is 0 Å². The highest BCUT2D eigenvalue weighted by atomic mass is 32.2. The molecular formula is C10H14N2O4S. The first-order valence-corrected chi connectivity index (χ1v) is 6.45. The minimum absolute atomic E-state index is 0.0294. The highest BCUT2D eigenvalue weighted by Gasteiger charge is 2.12. The number of pyridine rings is 1. The number of H-pyrrole nitrogens is 1. The zero-order chi connectivity index (χ0) is 12.7. The number of nitrogens with one attached hydrogen (secondary N) is 2. The molecule has 0 radical (unpaired) electrons. The van der Waals surface area contributed by atoms with Crippen LogP contribution in [0.2, 0.25) is 0 Å². The van der Waals surface area contributed by atoms with Crippen LogP contribution in [0.4, 0.5) is 0 Å². The molecule has 6 nitrogen and oxygen atoms in total. The molecule has 0 unspecified atom stereocenters. The first-order chi connectivity index (χ1) is 8.06. The highest BCUT2D eigenvalue weighted by molar-refractivity contribution is 7.89. The molecule has 0 aliphatic carbocycles. The van der Waals surface area contributed by atoms with E-state index in [1.165, 1.54) is 12.3 Å². The molecule has 2 N–H and O–H groups in total. The molecule has 0 saturated heterocycles. The lowest BCUT2D eigenvalue weighted by molar-refractivity contribution is 0.247. The summed E-state index contributed by atoms with van der Waals surface area (Å²) in [5, 5.41) is 0. The second-order valence-corrected chi connectivity index (χ2v) is 4.94. The van der Waals surface area contributed by atoms with Crippen molar-refractivity contribution in [3.63, 3.8) is 0 Å². The van der Waals surface area contributed by atoms with Crippen LogP contribution in [0.15, 0.2) is 40.9 Å². The molecule has 1 heterocycles. The van der Waals surface area contributed by atoms with Crippen LogP contribution >= 0.6 is 0 Å². The number of rotatable bonds is 7. The van der Waals surface area contributed by atoms with Gasteiger partial charge in [0.05, 0.1) is 17.8 Å². The van der Waals surface area contributed by atoms with Crippen LogP contribution in [0.1, 0.15) is 6.42 Å². The molecule has 17 heavy (non-hydrogen) atoms. The maximum Gasteiger partial charge on any atom is 0.247 e. The predicted molar refractivity (Wildman–Crippen MR) is 63.0 cm³/mol. The molecule has 0 fully saturated rings. The Morgan fingerprint density at radius 3 is 2.82 bits per heavy atom. The van der Waals surface area contributed by atoms with Gasteiger partial charge < -0.3 is 9.72 Å². The Balaban J connectivity index is 2.54. The molecular weight excluding hydrogens is 244 g/mol. The molecule has 1 aromatic rings. The second-order valence-electron chi connectivity index (χ2n) is 3.18. The fraction of sp³-hybridized carbons (Fsp3) is 0.300. The minimum Gasteiger partial charge on any atom is -0.502 e. The average molecular weight is 258 g/mol. The maximum absolute atomic E-state index is 11.7. The van der Waals surface area contributed by atoms with Gasteiger partial charge >= 0.3 is 0 Å². The molecule has 0 atom stereocenters. The van der Waals surface area contributed by atoms with Crippen molar-refractivity contribution in [3.05, 3.63) is 41.5 Å². The van der Waals surface area contributed by atoms with E-state index in [1.807, 2.05) is 0 Å². The molecule has 7 heteroatoms. The van der Waals surface area contributed by atoms with E-state index in [9.17, 15) is 13.2 Å². The number of hydrogen-bond acceptors (Lipinski definition) is 4. The van der Waals surface area contributed by atoms with Crippen LogP contribution in [0, 0.1) is 0 Å². The summed E-state index contributed by atoms with van der Waals surface area (Å²) in [4.78, 5) is 13.1. The summed E-state index contributed by atoms with van der Waals surface area (Å²) in [7, 11) is -3.57. The van der Waals surface area contributed by atoms with Gasteiger partial charge in [-0.05, 0) is 12.5 Å². The van der Waals surface area contributed by atoms with Crippen LogP contribution in [0.25, 0.3) is 0 Å². The molecule has 0 spiro atoms. The summed E-state index contributed by atoms with van der Waals surface area (Å²) in [5.74, 6) is 0. The first kappa shape index (κ1) is 13.5. The van der Waals surface area contributed by atoms with Gasteiger partial charge in [0.1, 0.15) is 0 Å². The van der Waals surface area contributed by atoms with Gasteiger partial charge in [0, 0.05) is 18.8 Å².